The van der Waals surface area contributed by atoms with Gasteiger partial charge in [0.2, 0.25) is 0 Å². The molecule has 0 spiro atoms. The van der Waals surface area contributed by atoms with Gasteiger partial charge in [0, 0.05) is 25.3 Å². The molecule has 1 N–H and O–H groups in total. The normalized spacial score (nSPS) is 21.9. The molecule has 0 aromatic carbocycles. The molecule has 0 radical (unpaired) electrons. The van der Waals surface area contributed by atoms with Gasteiger partial charge in [-0.25, -0.2) is 0 Å². The van der Waals surface area contributed by atoms with Crippen molar-refractivity contribution in [3.8, 4) is 0 Å². The van der Waals surface area contributed by atoms with E-state index in [2.05, 4.69) is 12.0 Å². The second-order valence-corrected chi connectivity index (χ2v) is 6.47. The zero-order chi connectivity index (χ0) is 16.5. The van der Waals surface area contributed by atoms with Crippen molar-refractivity contribution in [1.29, 1.82) is 0 Å². The highest BCUT2D eigenvalue weighted by molar-refractivity contribution is 5.96. The van der Waals surface area contributed by atoms with Gasteiger partial charge in [0.1, 0.15) is 0 Å². The third kappa shape index (κ3) is 2.87. The van der Waals surface area contributed by atoms with Crippen molar-refractivity contribution in [1.82, 2.24) is 14.7 Å². The van der Waals surface area contributed by atoms with E-state index in [4.69, 9.17) is 0 Å². The molecule has 1 atom stereocenters. The molecule has 6 nitrogen and oxygen atoms in total. The first-order chi connectivity index (χ1) is 10.3. The highest BCUT2D eigenvalue weighted by atomic mass is 16.4. The summed E-state index contributed by atoms with van der Waals surface area (Å²) in [6.45, 7) is 9.19. The average molecular weight is 307 g/mol. The number of carboxylic acids is 1. The number of piperidine rings is 1. The Bertz CT molecular complexity index is 594. The maximum atomic E-state index is 12.8. The predicted molar refractivity (Wildman–Crippen MR) is 82.9 cm³/mol. The zero-order valence-corrected chi connectivity index (χ0v) is 13.8. The molecular weight excluding hydrogens is 282 g/mol. The van der Waals surface area contributed by atoms with E-state index in [1.807, 2.05) is 18.5 Å². The molecule has 2 rings (SSSR count). The van der Waals surface area contributed by atoms with Gasteiger partial charge >= 0.3 is 5.97 Å². The minimum Gasteiger partial charge on any atom is -0.481 e. The number of rotatable bonds is 4. The molecule has 22 heavy (non-hydrogen) atoms. The van der Waals surface area contributed by atoms with Crippen molar-refractivity contribution >= 4 is 11.9 Å². The third-order valence-corrected chi connectivity index (χ3v) is 4.53. The van der Waals surface area contributed by atoms with Crippen LogP contribution in [0.5, 0.6) is 0 Å². The summed E-state index contributed by atoms with van der Waals surface area (Å²) in [4.78, 5) is 26.0. The second kappa shape index (κ2) is 6.10. The molecule has 1 aromatic heterocycles. The Labute approximate surface area is 131 Å². The van der Waals surface area contributed by atoms with Crippen molar-refractivity contribution in [2.75, 3.05) is 13.1 Å². The van der Waals surface area contributed by atoms with Crippen LogP contribution in [-0.4, -0.2) is 44.8 Å². The van der Waals surface area contributed by atoms with Crippen LogP contribution in [0, 0.1) is 19.3 Å². The molecule has 1 unspecified atom stereocenters. The Morgan fingerprint density at radius 3 is 2.64 bits per heavy atom. The highest BCUT2D eigenvalue weighted by Gasteiger charge is 2.40. The predicted octanol–water partition coefficient (Wildman–Crippen LogP) is 2.24. The number of aliphatic carboxylic acids is 1. The SMILES string of the molecule is CCCn1nc(C)c(C(=O)N2CCCC(C)(C(=O)O)C2)c1C. The van der Waals surface area contributed by atoms with E-state index >= 15 is 0 Å². The van der Waals surface area contributed by atoms with E-state index in [1.165, 1.54) is 0 Å². The first-order valence-electron chi connectivity index (χ1n) is 7.87. The molecular formula is C16H25N3O3. The summed E-state index contributed by atoms with van der Waals surface area (Å²) in [5, 5.41) is 13.8. The zero-order valence-electron chi connectivity index (χ0n) is 13.8. The summed E-state index contributed by atoms with van der Waals surface area (Å²) in [7, 11) is 0. The van der Waals surface area contributed by atoms with E-state index in [9.17, 15) is 14.7 Å². The van der Waals surface area contributed by atoms with Crippen molar-refractivity contribution in [3.05, 3.63) is 17.0 Å². The lowest BCUT2D eigenvalue weighted by Gasteiger charge is -2.37. The van der Waals surface area contributed by atoms with E-state index in [0.717, 1.165) is 30.8 Å². The number of amides is 1. The van der Waals surface area contributed by atoms with Crippen LogP contribution in [-0.2, 0) is 11.3 Å². The third-order valence-electron chi connectivity index (χ3n) is 4.53. The highest BCUT2D eigenvalue weighted by Crippen LogP contribution is 2.31. The van der Waals surface area contributed by atoms with Crippen LogP contribution in [0.25, 0.3) is 0 Å². The van der Waals surface area contributed by atoms with Gasteiger partial charge in [0.05, 0.1) is 16.7 Å². The molecule has 0 saturated carbocycles. The lowest BCUT2D eigenvalue weighted by atomic mass is 9.82. The summed E-state index contributed by atoms with van der Waals surface area (Å²) in [6, 6.07) is 0. The number of aryl methyl sites for hydroxylation is 2. The fourth-order valence-electron chi connectivity index (χ4n) is 3.18. The van der Waals surface area contributed by atoms with Gasteiger partial charge in [-0.15, -0.1) is 0 Å². The summed E-state index contributed by atoms with van der Waals surface area (Å²) in [5.41, 5.74) is 1.36. The Kier molecular flexibility index (Phi) is 4.58. The van der Waals surface area contributed by atoms with Gasteiger partial charge in [-0.3, -0.25) is 14.3 Å². The molecule has 1 fully saturated rings. The quantitative estimate of drug-likeness (QED) is 0.925. The fourth-order valence-corrected chi connectivity index (χ4v) is 3.18. The van der Waals surface area contributed by atoms with Crippen LogP contribution in [0.1, 0.15) is 54.9 Å². The number of aromatic nitrogens is 2. The van der Waals surface area contributed by atoms with Crippen LogP contribution in [0.2, 0.25) is 0 Å². The van der Waals surface area contributed by atoms with Gasteiger partial charge in [-0.2, -0.15) is 5.10 Å². The minimum atomic E-state index is -0.852. The lowest BCUT2D eigenvalue weighted by molar-refractivity contribution is -0.150. The van der Waals surface area contributed by atoms with Crippen molar-refractivity contribution in [2.24, 2.45) is 5.41 Å². The topological polar surface area (TPSA) is 75.4 Å². The van der Waals surface area contributed by atoms with Crippen LogP contribution < -0.4 is 0 Å². The maximum Gasteiger partial charge on any atom is 0.311 e. The summed E-state index contributed by atoms with van der Waals surface area (Å²) >= 11 is 0. The maximum absolute atomic E-state index is 12.8. The van der Waals surface area contributed by atoms with Crippen molar-refractivity contribution < 1.29 is 14.7 Å². The standard InChI is InChI=1S/C16H25N3O3/c1-5-8-19-12(3)13(11(2)17-19)14(20)18-9-6-7-16(4,10-18)15(21)22/h5-10H2,1-4H3,(H,21,22). The lowest BCUT2D eigenvalue weighted by Crippen LogP contribution is -2.48. The monoisotopic (exact) mass is 307 g/mol. The van der Waals surface area contributed by atoms with Crippen LogP contribution in [0.3, 0.4) is 0 Å². The van der Waals surface area contributed by atoms with Crippen LogP contribution >= 0.6 is 0 Å². The van der Waals surface area contributed by atoms with E-state index in [-0.39, 0.29) is 12.5 Å². The van der Waals surface area contributed by atoms with E-state index in [0.29, 0.717) is 18.5 Å². The molecule has 2 heterocycles. The van der Waals surface area contributed by atoms with Gasteiger partial charge < -0.3 is 10.0 Å². The summed E-state index contributed by atoms with van der Waals surface area (Å²) in [5.74, 6) is -0.926. The number of likely N-dealkylation sites (tertiary alicyclic amines) is 1. The van der Waals surface area contributed by atoms with Crippen molar-refractivity contribution in [2.45, 2.75) is 53.5 Å². The molecule has 6 heteroatoms. The molecule has 1 aliphatic heterocycles. The molecule has 1 aromatic rings. The van der Waals surface area contributed by atoms with Gasteiger partial charge in [0.25, 0.3) is 5.91 Å². The molecule has 1 amide bonds. The molecule has 1 aliphatic rings. The van der Waals surface area contributed by atoms with E-state index < -0.39 is 11.4 Å². The Balaban J connectivity index is 2.27. The van der Waals surface area contributed by atoms with Crippen molar-refractivity contribution in [3.63, 3.8) is 0 Å². The Morgan fingerprint density at radius 1 is 1.36 bits per heavy atom. The molecule has 1 saturated heterocycles. The number of hydrogen-bond acceptors (Lipinski definition) is 3. The molecule has 0 bridgehead atoms. The molecule has 0 aliphatic carbocycles. The average Bonchev–Trinajstić information content (AvgIpc) is 2.73. The van der Waals surface area contributed by atoms with Crippen LogP contribution in [0.4, 0.5) is 0 Å². The number of carbonyl (C=O) groups is 2. The summed E-state index contributed by atoms with van der Waals surface area (Å²) in [6.07, 6.45) is 2.28. The summed E-state index contributed by atoms with van der Waals surface area (Å²) < 4.78 is 1.86. The van der Waals surface area contributed by atoms with E-state index in [1.54, 1.807) is 11.8 Å². The Hall–Kier alpha value is -1.85. The van der Waals surface area contributed by atoms with Gasteiger partial charge in [-0.05, 0) is 40.0 Å². The number of hydrogen-bond donors (Lipinski definition) is 1. The van der Waals surface area contributed by atoms with Crippen LogP contribution in [0.15, 0.2) is 0 Å². The van der Waals surface area contributed by atoms with Gasteiger partial charge in [-0.1, -0.05) is 6.92 Å². The molecule has 122 valence electrons. The first kappa shape index (κ1) is 16.5. The minimum absolute atomic E-state index is 0.0930. The largest absolute Gasteiger partial charge is 0.481 e. The number of nitrogens with zero attached hydrogens (tertiary/aromatic N) is 3. The first-order valence-corrected chi connectivity index (χ1v) is 7.87. The Morgan fingerprint density at radius 2 is 2.05 bits per heavy atom. The smallest absolute Gasteiger partial charge is 0.311 e. The van der Waals surface area contributed by atoms with Gasteiger partial charge in [0.15, 0.2) is 0 Å². The number of carboxylic acid groups (broad SMARTS) is 1. The number of carbonyl (C=O) groups excluding carboxylic acids is 1. The second-order valence-electron chi connectivity index (χ2n) is 6.47. The fraction of sp³-hybridized carbons (Fsp3) is 0.688.